The van der Waals surface area contributed by atoms with E-state index in [-0.39, 0.29) is 24.8 Å². The van der Waals surface area contributed by atoms with E-state index in [2.05, 4.69) is 5.32 Å². The number of aliphatic hydroxyl groups is 1. The lowest BCUT2D eigenvalue weighted by Gasteiger charge is -2.29. The normalized spacial score (nSPS) is 27.5. The van der Waals surface area contributed by atoms with Crippen LogP contribution in [-0.4, -0.2) is 47.0 Å². The van der Waals surface area contributed by atoms with Gasteiger partial charge in [0.25, 0.3) is 5.91 Å². The molecule has 4 rings (SSSR count). The second kappa shape index (κ2) is 7.91. The van der Waals surface area contributed by atoms with E-state index in [0.717, 1.165) is 31.2 Å². The molecule has 7 heteroatoms. The van der Waals surface area contributed by atoms with E-state index in [1.54, 1.807) is 11.0 Å². The maximum Gasteiger partial charge on any atom is 0.255 e. The molecular formula is C21H26N2O5. The minimum absolute atomic E-state index is 0.182. The van der Waals surface area contributed by atoms with Gasteiger partial charge in [0.05, 0.1) is 13.2 Å². The summed E-state index contributed by atoms with van der Waals surface area (Å²) in [6.07, 6.45) is 4.74. The Morgan fingerprint density at radius 3 is 2.54 bits per heavy atom. The zero-order chi connectivity index (χ0) is 19.7. The van der Waals surface area contributed by atoms with Crippen LogP contribution in [0.15, 0.2) is 18.2 Å². The van der Waals surface area contributed by atoms with Crippen molar-refractivity contribution in [2.75, 3.05) is 13.2 Å². The Morgan fingerprint density at radius 2 is 1.82 bits per heavy atom. The summed E-state index contributed by atoms with van der Waals surface area (Å²) in [4.78, 5) is 38.0. The van der Waals surface area contributed by atoms with Gasteiger partial charge in [-0.05, 0) is 56.1 Å². The predicted octanol–water partition coefficient (Wildman–Crippen LogP) is 1.63. The summed E-state index contributed by atoms with van der Waals surface area (Å²) in [7, 11) is 0. The highest BCUT2D eigenvalue weighted by Gasteiger charge is 2.40. The van der Waals surface area contributed by atoms with Crippen LogP contribution in [0.4, 0.5) is 0 Å². The smallest absolute Gasteiger partial charge is 0.255 e. The Hall–Kier alpha value is -2.41. The largest absolute Gasteiger partial charge is 0.493 e. The van der Waals surface area contributed by atoms with Crippen LogP contribution in [-0.2, 0) is 16.1 Å². The molecule has 1 atom stereocenters. The minimum atomic E-state index is -0.612. The van der Waals surface area contributed by atoms with E-state index in [1.165, 1.54) is 0 Å². The summed E-state index contributed by atoms with van der Waals surface area (Å²) in [5.41, 5.74) is 1.40. The van der Waals surface area contributed by atoms with Crippen LogP contribution < -0.4 is 10.1 Å². The fraction of sp³-hybridized carbons (Fsp3) is 0.571. The number of carbonyl (C=O) groups is 3. The van der Waals surface area contributed by atoms with Crippen molar-refractivity contribution in [1.29, 1.82) is 0 Å². The summed E-state index contributed by atoms with van der Waals surface area (Å²) >= 11 is 0. The van der Waals surface area contributed by atoms with Gasteiger partial charge in [-0.2, -0.15) is 0 Å². The number of hydrogen-bond donors (Lipinski definition) is 2. The summed E-state index contributed by atoms with van der Waals surface area (Å²) < 4.78 is 6.09. The summed E-state index contributed by atoms with van der Waals surface area (Å²) in [5.74, 6) is 0.702. The number of hydrogen-bond acceptors (Lipinski definition) is 5. The molecule has 1 aromatic carbocycles. The lowest BCUT2D eigenvalue weighted by molar-refractivity contribution is -0.136. The highest BCUT2D eigenvalue weighted by atomic mass is 16.5. The molecule has 7 nitrogen and oxygen atoms in total. The van der Waals surface area contributed by atoms with Gasteiger partial charge in [0.15, 0.2) is 0 Å². The Morgan fingerprint density at radius 1 is 1.07 bits per heavy atom. The summed E-state index contributed by atoms with van der Waals surface area (Å²) in [6, 6.07) is 4.84. The number of ether oxygens (including phenoxy) is 1. The van der Waals surface area contributed by atoms with Gasteiger partial charge in [0.1, 0.15) is 11.8 Å². The van der Waals surface area contributed by atoms with Crippen LogP contribution in [0.2, 0.25) is 0 Å². The van der Waals surface area contributed by atoms with Crippen molar-refractivity contribution in [2.45, 2.75) is 51.1 Å². The maximum atomic E-state index is 12.8. The molecule has 0 radical (unpaired) electrons. The van der Waals surface area contributed by atoms with Gasteiger partial charge in [0, 0.05) is 24.2 Å². The van der Waals surface area contributed by atoms with E-state index in [1.807, 2.05) is 12.1 Å². The molecule has 0 spiro atoms. The van der Waals surface area contributed by atoms with Crippen molar-refractivity contribution in [3.8, 4) is 5.75 Å². The molecule has 0 bridgehead atoms. The van der Waals surface area contributed by atoms with E-state index < -0.39 is 11.9 Å². The molecule has 3 aliphatic rings. The predicted molar refractivity (Wildman–Crippen MR) is 101 cm³/mol. The van der Waals surface area contributed by atoms with E-state index in [9.17, 15) is 19.5 Å². The fourth-order valence-electron chi connectivity index (χ4n) is 4.48. The average Bonchev–Trinajstić information content (AvgIpc) is 3.04. The van der Waals surface area contributed by atoms with Crippen LogP contribution in [0.1, 0.15) is 54.4 Å². The monoisotopic (exact) mass is 386 g/mol. The molecule has 2 fully saturated rings. The quantitative estimate of drug-likeness (QED) is 0.750. The molecule has 1 unspecified atom stereocenters. The Labute approximate surface area is 164 Å². The lowest BCUT2D eigenvalue weighted by atomic mass is 9.83. The fourth-order valence-corrected chi connectivity index (χ4v) is 4.48. The standard InChI is InChI=1S/C21H26N2O5/c24-11-13-4-6-14(7-5-13)12-28-18-3-1-2-15-16(18)10-23(21(15)27)17-8-9-19(25)22-20(17)26/h1-3,13-14,17,24H,4-12H2,(H,22,25,26). The molecule has 1 aromatic rings. The number of imide groups is 1. The molecule has 28 heavy (non-hydrogen) atoms. The van der Waals surface area contributed by atoms with Crippen molar-refractivity contribution in [1.82, 2.24) is 10.2 Å². The number of benzene rings is 1. The first kappa shape index (κ1) is 18.9. The third-order valence-corrected chi connectivity index (χ3v) is 6.24. The highest BCUT2D eigenvalue weighted by molar-refractivity contribution is 6.05. The zero-order valence-corrected chi connectivity index (χ0v) is 15.9. The average molecular weight is 386 g/mol. The number of carbonyl (C=O) groups excluding carboxylic acids is 3. The Bertz CT molecular complexity index is 785. The number of fused-ring (bicyclic) bond motifs is 1. The summed E-state index contributed by atoms with van der Waals surface area (Å²) in [5, 5.41) is 11.6. The second-order valence-electron chi connectivity index (χ2n) is 8.06. The van der Waals surface area contributed by atoms with E-state index in [4.69, 9.17) is 4.74 Å². The topological polar surface area (TPSA) is 95.9 Å². The highest BCUT2D eigenvalue weighted by Crippen LogP contribution is 2.35. The Balaban J connectivity index is 1.43. The van der Waals surface area contributed by atoms with E-state index >= 15 is 0 Å². The van der Waals surface area contributed by atoms with Crippen molar-refractivity contribution in [3.05, 3.63) is 29.3 Å². The van der Waals surface area contributed by atoms with E-state index in [0.29, 0.717) is 42.7 Å². The minimum Gasteiger partial charge on any atom is -0.493 e. The van der Waals surface area contributed by atoms with Gasteiger partial charge in [0.2, 0.25) is 11.8 Å². The van der Waals surface area contributed by atoms with Crippen molar-refractivity contribution < 1.29 is 24.2 Å². The number of piperidine rings is 1. The van der Waals surface area contributed by atoms with Crippen LogP contribution >= 0.6 is 0 Å². The van der Waals surface area contributed by atoms with Crippen LogP contribution in [0.3, 0.4) is 0 Å². The molecular weight excluding hydrogens is 360 g/mol. The molecule has 0 aromatic heterocycles. The van der Waals surface area contributed by atoms with Crippen molar-refractivity contribution in [3.63, 3.8) is 0 Å². The molecule has 3 amide bonds. The molecule has 2 heterocycles. The van der Waals surface area contributed by atoms with Crippen molar-refractivity contribution >= 4 is 17.7 Å². The van der Waals surface area contributed by atoms with Gasteiger partial charge < -0.3 is 14.7 Å². The van der Waals surface area contributed by atoms with Crippen LogP contribution in [0.5, 0.6) is 5.75 Å². The molecule has 1 saturated carbocycles. The second-order valence-corrected chi connectivity index (χ2v) is 8.06. The first-order valence-electron chi connectivity index (χ1n) is 10.1. The van der Waals surface area contributed by atoms with Crippen LogP contribution in [0, 0.1) is 11.8 Å². The molecule has 2 aliphatic heterocycles. The molecule has 150 valence electrons. The van der Waals surface area contributed by atoms with Gasteiger partial charge in [-0.25, -0.2) is 0 Å². The molecule has 2 N–H and O–H groups in total. The van der Waals surface area contributed by atoms with Gasteiger partial charge in [-0.3, -0.25) is 19.7 Å². The number of aliphatic hydroxyl groups excluding tert-OH is 1. The van der Waals surface area contributed by atoms with Gasteiger partial charge in [-0.15, -0.1) is 0 Å². The zero-order valence-electron chi connectivity index (χ0n) is 15.9. The number of nitrogens with one attached hydrogen (secondary N) is 1. The molecule has 1 saturated heterocycles. The first-order chi connectivity index (χ1) is 13.6. The lowest BCUT2D eigenvalue weighted by Crippen LogP contribution is -2.52. The number of rotatable bonds is 5. The third kappa shape index (κ3) is 3.63. The van der Waals surface area contributed by atoms with Gasteiger partial charge >= 0.3 is 0 Å². The maximum absolute atomic E-state index is 12.8. The number of nitrogens with zero attached hydrogens (tertiary/aromatic N) is 1. The third-order valence-electron chi connectivity index (χ3n) is 6.24. The van der Waals surface area contributed by atoms with Crippen molar-refractivity contribution in [2.24, 2.45) is 11.8 Å². The SMILES string of the molecule is O=C1CCC(N2Cc3c(OCC4CCC(CO)CC4)cccc3C2=O)C(=O)N1. The molecule has 1 aliphatic carbocycles. The Kier molecular flexibility index (Phi) is 5.35. The summed E-state index contributed by atoms with van der Waals surface area (Å²) in [6.45, 7) is 1.19. The van der Waals surface area contributed by atoms with Gasteiger partial charge in [-0.1, -0.05) is 6.07 Å². The van der Waals surface area contributed by atoms with Crippen LogP contribution in [0.25, 0.3) is 0 Å². The first-order valence-corrected chi connectivity index (χ1v) is 10.1. The number of amides is 3.